The standard InChI is InChI=1S/C30H34F2N8O4S/c1-37-12-14-38(15-13-37)22-8-10-39(11-9-22)29(42)35-26-18-28(34-19-33-26)44-25-7-6-23(17-24(25)32)40(45)30(43)36-27(41)16-20-2-4-21(31)5-3-20/h2-7,17-19,22,45H,8-16H2,1H3,(H,36,41,43)(H,33,34,35,42). The first-order valence-electron chi connectivity index (χ1n) is 14.5. The zero-order valence-corrected chi connectivity index (χ0v) is 25.6. The molecule has 2 saturated heterocycles. The zero-order valence-electron chi connectivity index (χ0n) is 24.7. The van der Waals surface area contributed by atoms with E-state index in [1.807, 2.05) is 0 Å². The van der Waals surface area contributed by atoms with Gasteiger partial charge in [0.15, 0.2) is 11.6 Å². The predicted molar refractivity (Wildman–Crippen MR) is 166 cm³/mol. The number of nitrogens with one attached hydrogen (secondary N) is 2. The first-order chi connectivity index (χ1) is 21.6. The number of halogens is 2. The fourth-order valence-corrected chi connectivity index (χ4v) is 5.39. The van der Waals surface area contributed by atoms with Crippen molar-refractivity contribution in [3.63, 3.8) is 0 Å². The highest BCUT2D eigenvalue weighted by atomic mass is 32.1. The lowest BCUT2D eigenvalue weighted by Gasteiger charge is -2.42. The molecule has 0 saturated carbocycles. The molecule has 15 heteroatoms. The average Bonchev–Trinajstić information content (AvgIpc) is 3.03. The summed E-state index contributed by atoms with van der Waals surface area (Å²) in [6.07, 6.45) is 2.84. The number of amides is 5. The lowest BCUT2D eigenvalue weighted by atomic mass is 10.0. The van der Waals surface area contributed by atoms with Crippen molar-refractivity contribution in [2.45, 2.75) is 25.3 Å². The SMILES string of the molecule is CN1CCN(C2CCN(C(=O)Nc3cc(Oc4ccc(N(S)C(=O)NC(=O)Cc5ccc(F)cc5)cc4F)ncn3)CC2)CC1. The zero-order chi connectivity index (χ0) is 31.9. The van der Waals surface area contributed by atoms with E-state index < -0.39 is 23.6 Å². The molecule has 2 aliphatic rings. The molecule has 5 amide bonds. The molecule has 2 aliphatic heterocycles. The van der Waals surface area contributed by atoms with Gasteiger partial charge in [-0.3, -0.25) is 20.3 Å². The number of aromatic nitrogens is 2. The molecule has 3 aromatic rings. The summed E-state index contributed by atoms with van der Waals surface area (Å²) in [6, 6.07) is 9.58. The molecule has 0 spiro atoms. The Morgan fingerprint density at radius 1 is 0.978 bits per heavy atom. The summed E-state index contributed by atoms with van der Waals surface area (Å²) in [4.78, 5) is 52.2. The lowest BCUT2D eigenvalue weighted by molar-refractivity contribution is -0.119. The van der Waals surface area contributed by atoms with Crippen molar-refractivity contribution < 1.29 is 27.9 Å². The molecule has 5 rings (SSSR count). The number of ether oxygens (including phenoxy) is 1. The molecule has 12 nitrogen and oxygen atoms in total. The molecule has 238 valence electrons. The third-order valence-electron chi connectivity index (χ3n) is 7.77. The van der Waals surface area contributed by atoms with Gasteiger partial charge in [0.1, 0.15) is 18.0 Å². The molecule has 2 fully saturated rings. The molecule has 0 atom stereocenters. The number of likely N-dealkylation sites (N-methyl/N-ethyl adjacent to an activating group) is 1. The maximum atomic E-state index is 14.9. The van der Waals surface area contributed by atoms with Crippen LogP contribution < -0.4 is 19.7 Å². The topological polar surface area (TPSA) is 123 Å². The molecule has 45 heavy (non-hydrogen) atoms. The van der Waals surface area contributed by atoms with Gasteiger partial charge in [-0.05, 0) is 49.7 Å². The van der Waals surface area contributed by atoms with Crippen molar-refractivity contribution in [3.05, 3.63) is 72.1 Å². The van der Waals surface area contributed by atoms with Crippen molar-refractivity contribution in [2.75, 3.05) is 55.9 Å². The molecule has 0 unspecified atom stereocenters. The number of nitrogens with zero attached hydrogens (tertiary/aromatic N) is 6. The van der Waals surface area contributed by atoms with Crippen LogP contribution in [-0.2, 0) is 11.2 Å². The number of imide groups is 1. The van der Waals surface area contributed by atoms with Crippen LogP contribution in [0.2, 0.25) is 0 Å². The Bertz CT molecular complexity index is 1520. The number of benzene rings is 2. The Labute approximate surface area is 264 Å². The molecule has 1 aromatic heterocycles. The van der Waals surface area contributed by atoms with Crippen LogP contribution in [0, 0.1) is 11.6 Å². The van der Waals surface area contributed by atoms with Crippen LogP contribution in [0.1, 0.15) is 18.4 Å². The number of rotatable bonds is 7. The summed E-state index contributed by atoms with van der Waals surface area (Å²) in [5.74, 6) is -1.92. The fourth-order valence-electron chi connectivity index (χ4n) is 5.21. The molecular formula is C30H34F2N8O4S. The van der Waals surface area contributed by atoms with Gasteiger partial charge in [0.25, 0.3) is 0 Å². The van der Waals surface area contributed by atoms with Crippen LogP contribution in [-0.4, -0.2) is 95.0 Å². The number of anilines is 2. The molecule has 0 aliphatic carbocycles. The van der Waals surface area contributed by atoms with Gasteiger partial charge in [0.05, 0.1) is 12.1 Å². The van der Waals surface area contributed by atoms with Gasteiger partial charge in [-0.15, -0.1) is 0 Å². The lowest BCUT2D eigenvalue weighted by Crippen LogP contribution is -2.53. The number of piperazine rings is 1. The van der Waals surface area contributed by atoms with Gasteiger partial charge < -0.3 is 14.5 Å². The monoisotopic (exact) mass is 640 g/mol. The van der Waals surface area contributed by atoms with Crippen LogP contribution in [0.4, 0.5) is 29.9 Å². The van der Waals surface area contributed by atoms with Crippen molar-refractivity contribution in [2.24, 2.45) is 0 Å². The number of hydrogen-bond donors (Lipinski definition) is 3. The van der Waals surface area contributed by atoms with Crippen LogP contribution in [0.5, 0.6) is 11.6 Å². The summed E-state index contributed by atoms with van der Waals surface area (Å²) in [7, 11) is 2.13. The van der Waals surface area contributed by atoms with Crippen LogP contribution >= 0.6 is 12.8 Å². The Hall–Kier alpha value is -4.34. The number of carbonyl (C=O) groups is 3. The minimum absolute atomic E-state index is 0.00686. The normalized spacial score (nSPS) is 16.2. The van der Waals surface area contributed by atoms with Crippen LogP contribution in [0.3, 0.4) is 0 Å². The number of thiol groups is 1. The highest BCUT2D eigenvalue weighted by Crippen LogP contribution is 2.29. The summed E-state index contributed by atoms with van der Waals surface area (Å²) in [5, 5.41) is 4.90. The second-order valence-electron chi connectivity index (χ2n) is 10.9. The van der Waals surface area contributed by atoms with E-state index in [4.69, 9.17) is 4.74 Å². The molecule has 2 N–H and O–H groups in total. The quantitative estimate of drug-likeness (QED) is 0.333. The number of piperidine rings is 1. The Morgan fingerprint density at radius 2 is 1.69 bits per heavy atom. The second kappa shape index (κ2) is 14.6. The second-order valence-corrected chi connectivity index (χ2v) is 11.3. The summed E-state index contributed by atoms with van der Waals surface area (Å²) < 4.78 is 34.3. The van der Waals surface area contributed by atoms with E-state index in [9.17, 15) is 23.2 Å². The molecule has 3 heterocycles. The van der Waals surface area contributed by atoms with E-state index in [0.29, 0.717) is 24.7 Å². The maximum Gasteiger partial charge on any atom is 0.338 e. The van der Waals surface area contributed by atoms with Crippen molar-refractivity contribution in [1.82, 2.24) is 30.0 Å². The summed E-state index contributed by atoms with van der Waals surface area (Å²) >= 11 is 4.08. The van der Waals surface area contributed by atoms with Gasteiger partial charge in [-0.25, -0.2) is 32.6 Å². The molecule has 0 radical (unpaired) electrons. The minimum Gasteiger partial charge on any atom is -0.436 e. The Morgan fingerprint density at radius 3 is 2.38 bits per heavy atom. The molecular weight excluding hydrogens is 606 g/mol. The molecule has 2 aromatic carbocycles. The van der Waals surface area contributed by atoms with Crippen LogP contribution in [0.25, 0.3) is 0 Å². The largest absolute Gasteiger partial charge is 0.436 e. The van der Waals surface area contributed by atoms with Crippen molar-refractivity contribution in [1.29, 1.82) is 0 Å². The predicted octanol–water partition coefficient (Wildman–Crippen LogP) is 3.92. The van der Waals surface area contributed by atoms with E-state index in [0.717, 1.165) is 49.4 Å². The summed E-state index contributed by atoms with van der Waals surface area (Å²) in [5.41, 5.74) is 0.538. The summed E-state index contributed by atoms with van der Waals surface area (Å²) in [6.45, 7) is 5.48. The minimum atomic E-state index is -0.904. The van der Waals surface area contributed by atoms with Gasteiger partial charge >= 0.3 is 12.1 Å². The van der Waals surface area contributed by atoms with Gasteiger partial charge in [0, 0.05) is 57.4 Å². The number of likely N-dealkylation sites (tertiary alicyclic amines) is 1. The number of carbonyl (C=O) groups excluding carboxylic acids is 3. The average molecular weight is 641 g/mol. The third-order valence-corrected chi connectivity index (χ3v) is 8.19. The van der Waals surface area contributed by atoms with E-state index in [2.05, 4.69) is 50.3 Å². The van der Waals surface area contributed by atoms with E-state index in [1.165, 1.54) is 48.8 Å². The third kappa shape index (κ3) is 8.65. The number of urea groups is 2. The van der Waals surface area contributed by atoms with Gasteiger partial charge in [-0.2, -0.15) is 0 Å². The fraction of sp³-hybridized carbons (Fsp3) is 0.367. The van der Waals surface area contributed by atoms with E-state index in [1.54, 1.807) is 4.90 Å². The Kier molecular flexibility index (Phi) is 10.4. The van der Waals surface area contributed by atoms with E-state index >= 15 is 0 Å². The first kappa shape index (κ1) is 32.1. The van der Waals surface area contributed by atoms with Crippen molar-refractivity contribution in [3.8, 4) is 11.6 Å². The van der Waals surface area contributed by atoms with Gasteiger partial charge in [-0.1, -0.05) is 24.9 Å². The highest BCUT2D eigenvalue weighted by molar-refractivity contribution is 7.82. The molecule has 0 bridgehead atoms. The van der Waals surface area contributed by atoms with Gasteiger partial charge in [0.2, 0.25) is 11.8 Å². The first-order valence-corrected chi connectivity index (χ1v) is 14.9. The van der Waals surface area contributed by atoms with E-state index in [-0.39, 0.29) is 35.6 Å². The number of hydrogen-bond acceptors (Lipinski definition) is 9. The highest BCUT2D eigenvalue weighted by Gasteiger charge is 2.28. The maximum absolute atomic E-state index is 14.9. The smallest absolute Gasteiger partial charge is 0.338 e. The van der Waals surface area contributed by atoms with Crippen LogP contribution in [0.15, 0.2) is 54.9 Å². The Balaban J connectivity index is 1.12. The van der Waals surface area contributed by atoms with Crippen molar-refractivity contribution >= 4 is 42.3 Å².